The van der Waals surface area contributed by atoms with Gasteiger partial charge >= 0.3 is 0 Å². The fourth-order valence-electron chi connectivity index (χ4n) is 3.57. The van der Waals surface area contributed by atoms with Gasteiger partial charge in [-0.15, -0.1) is 0 Å². The predicted molar refractivity (Wildman–Crippen MR) is 132 cm³/mol. The van der Waals surface area contributed by atoms with E-state index in [1.165, 1.54) is 11.8 Å². The first-order valence-corrected chi connectivity index (χ1v) is 11.7. The van der Waals surface area contributed by atoms with Gasteiger partial charge in [0.15, 0.2) is 5.16 Å². The first kappa shape index (κ1) is 22.6. The van der Waals surface area contributed by atoms with Crippen molar-refractivity contribution in [3.63, 3.8) is 0 Å². The van der Waals surface area contributed by atoms with E-state index < -0.39 is 0 Å². The average molecular weight is 460 g/mol. The van der Waals surface area contributed by atoms with E-state index >= 15 is 0 Å². The SMILES string of the molecule is Cc1cc(C)cc(-n2c(SCC(=O)NCCOc3ccccc3)nc3ccccc3c2=O)c1. The first-order valence-electron chi connectivity index (χ1n) is 10.7. The van der Waals surface area contributed by atoms with Gasteiger partial charge in [0.25, 0.3) is 5.56 Å². The number of carbonyl (C=O) groups is 1. The number of fused-ring (bicyclic) bond motifs is 1. The van der Waals surface area contributed by atoms with Gasteiger partial charge in [0.1, 0.15) is 12.4 Å². The van der Waals surface area contributed by atoms with Crippen LogP contribution in [0.1, 0.15) is 11.1 Å². The maximum atomic E-state index is 13.4. The quantitative estimate of drug-likeness (QED) is 0.242. The molecule has 0 fully saturated rings. The third-order valence-corrected chi connectivity index (χ3v) is 5.92. The van der Waals surface area contributed by atoms with E-state index in [1.54, 1.807) is 10.6 Å². The van der Waals surface area contributed by atoms with E-state index in [9.17, 15) is 9.59 Å². The van der Waals surface area contributed by atoms with Crippen LogP contribution in [0.15, 0.2) is 82.7 Å². The zero-order valence-corrected chi connectivity index (χ0v) is 19.4. The summed E-state index contributed by atoms with van der Waals surface area (Å²) in [6.07, 6.45) is 0. The third-order valence-electron chi connectivity index (χ3n) is 4.98. The molecule has 0 atom stereocenters. The summed E-state index contributed by atoms with van der Waals surface area (Å²) in [5.74, 6) is 0.756. The van der Waals surface area contributed by atoms with Gasteiger partial charge in [0, 0.05) is 0 Å². The largest absolute Gasteiger partial charge is 0.492 e. The van der Waals surface area contributed by atoms with Gasteiger partial charge in [-0.1, -0.05) is 48.2 Å². The maximum Gasteiger partial charge on any atom is 0.266 e. The zero-order chi connectivity index (χ0) is 23.2. The fourth-order valence-corrected chi connectivity index (χ4v) is 4.42. The minimum absolute atomic E-state index is 0.140. The molecule has 0 bridgehead atoms. The van der Waals surface area contributed by atoms with Crippen molar-refractivity contribution in [2.75, 3.05) is 18.9 Å². The second-order valence-electron chi connectivity index (χ2n) is 7.70. The predicted octanol–water partition coefficient (Wildman–Crippen LogP) is 4.29. The Bertz CT molecular complexity index is 1320. The summed E-state index contributed by atoms with van der Waals surface area (Å²) in [4.78, 5) is 30.5. The van der Waals surface area contributed by atoms with E-state index in [0.29, 0.717) is 29.2 Å². The lowest BCUT2D eigenvalue weighted by molar-refractivity contribution is -0.118. The van der Waals surface area contributed by atoms with E-state index in [4.69, 9.17) is 9.72 Å². The van der Waals surface area contributed by atoms with E-state index in [-0.39, 0.29) is 17.2 Å². The molecule has 1 aromatic heterocycles. The number of hydrogen-bond acceptors (Lipinski definition) is 5. The highest BCUT2D eigenvalue weighted by atomic mass is 32.2. The summed E-state index contributed by atoms with van der Waals surface area (Å²) in [6.45, 7) is 4.76. The molecular formula is C26H25N3O3S. The second-order valence-corrected chi connectivity index (χ2v) is 8.64. The highest BCUT2D eigenvalue weighted by Crippen LogP contribution is 2.22. The Labute approximate surface area is 196 Å². The van der Waals surface area contributed by atoms with Crippen molar-refractivity contribution < 1.29 is 9.53 Å². The maximum absolute atomic E-state index is 13.4. The lowest BCUT2D eigenvalue weighted by atomic mass is 10.1. The number of ether oxygens (including phenoxy) is 1. The van der Waals surface area contributed by atoms with Gasteiger partial charge in [0.05, 0.1) is 28.9 Å². The molecule has 0 aliphatic rings. The van der Waals surface area contributed by atoms with Crippen LogP contribution in [0.2, 0.25) is 0 Å². The van der Waals surface area contributed by atoms with Crippen LogP contribution in [0.25, 0.3) is 16.6 Å². The van der Waals surface area contributed by atoms with Gasteiger partial charge in [-0.2, -0.15) is 0 Å². The van der Waals surface area contributed by atoms with Crippen LogP contribution in [0.5, 0.6) is 5.75 Å². The number of nitrogens with one attached hydrogen (secondary N) is 1. The van der Waals surface area contributed by atoms with Crippen LogP contribution in [-0.4, -0.2) is 34.4 Å². The number of nitrogens with zero attached hydrogens (tertiary/aromatic N) is 2. The van der Waals surface area contributed by atoms with Crippen LogP contribution in [0.4, 0.5) is 0 Å². The van der Waals surface area contributed by atoms with Crippen molar-refractivity contribution in [1.82, 2.24) is 14.9 Å². The van der Waals surface area contributed by atoms with E-state index in [1.807, 2.05) is 74.5 Å². The summed E-state index contributed by atoms with van der Waals surface area (Å²) >= 11 is 1.24. The summed E-state index contributed by atoms with van der Waals surface area (Å²) in [6, 6.07) is 22.7. The number of aromatic nitrogens is 2. The monoisotopic (exact) mass is 459 g/mol. The molecule has 1 N–H and O–H groups in total. The van der Waals surface area contributed by atoms with Crippen molar-refractivity contribution in [3.05, 3.63) is 94.3 Å². The van der Waals surface area contributed by atoms with Crippen LogP contribution in [0.3, 0.4) is 0 Å². The second kappa shape index (κ2) is 10.4. The van der Waals surface area contributed by atoms with Crippen molar-refractivity contribution in [1.29, 1.82) is 0 Å². The Kier molecular flexibility index (Phi) is 7.10. The molecule has 0 unspecified atom stereocenters. The molecule has 0 aliphatic heterocycles. The summed E-state index contributed by atoms with van der Waals surface area (Å²) < 4.78 is 7.20. The Morgan fingerprint density at radius 2 is 1.70 bits per heavy atom. The van der Waals surface area contributed by atoms with Crippen molar-refractivity contribution in [2.24, 2.45) is 0 Å². The molecular weight excluding hydrogens is 434 g/mol. The molecule has 1 amide bonds. The lowest BCUT2D eigenvalue weighted by Gasteiger charge is -2.14. The highest BCUT2D eigenvalue weighted by molar-refractivity contribution is 7.99. The number of hydrogen-bond donors (Lipinski definition) is 1. The first-order chi connectivity index (χ1) is 16.0. The Balaban J connectivity index is 1.50. The van der Waals surface area contributed by atoms with Crippen LogP contribution >= 0.6 is 11.8 Å². The zero-order valence-electron chi connectivity index (χ0n) is 18.6. The van der Waals surface area contributed by atoms with Gasteiger partial charge in [0.2, 0.25) is 5.91 Å². The molecule has 6 nitrogen and oxygen atoms in total. The average Bonchev–Trinajstić information content (AvgIpc) is 2.80. The molecule has 0 saturated carbocycles. The van der Waals surface area contributed by atoms with Crippen molar-refractivity contribution >= 4 is 28.6 Å². The van der Waals surface area contributed by atoms with Crippen molar-refractivity contribution in [2.45, 2.75) is 19.0 Å². The molecule has 7 heteroatoms. The third kappa shape index (κ3) is 5.62. The number of carbonyl (C=O) groups excluding carboxylic acids is 1. The highest BCUT2D eigenvalue weighted by Gasteiger charge is 2.15. The smallest absolute Gasteiger partial charge is 0.266 e. The minimum Gasteiger partial charge on any atom is -0.492 e. The van der Waals surface area contributed by atoms with Gasteiger partial charge in [-0.05, 0) is 61.4 Å². The number of rotatable bonds is 8. The Hall–Kier alpha value is -3.58. The molecule has 0 aliphatic carbocycles. The molecule has 1 heterocycles. The van der Waals surface area contributed by atoms with E-state index in [0.717, 1.165) is 22.6 Å². The Morgan fingerprint density at radius 1 is 1.00 bits per heavy atom. The number of thioether (sulfide) groups is 1. The molecule has 3 aromatic carbocycles. The van der Waals surface area contributed by atoms with Gasteiger partial charge in [-0.3, -0.25) is 14.2 Å². The van der Waals surface area contributed by atoms with Crippen molar-refractivity contribution in [3.8, 4) is 11.4 Å². The van der Waals surface area contributed by atoms with Crippen LogP contribution in [-0.2, 0) is 4.79 Å². The van der Waals surface area contributed by atoms with E-state index in [2.05, 4.69) is 11.4 Å². The normalized spacial score (nSPS) is 10.8. The minimum atomic E-state index is -0.148. The number of amides is 1. The standard InChI is InChI=1S/C26H25N3O3S/c1-18-14-19(2)16-20(15-18)29-25(31)22-10-6-7-11-23(22)28-26(29)33-17-24(30)27-12-13-32-21-8-4-3-5-9-21/h3-11,14-16H,12-13,17H2,1-2H3,(H,27,30). The number of para-hydroxylation sites is 2. The number of benzene rings is 3. The summed E-state index contributed by atoms with van der Waals surface area (Å²) in [5.41, 5.74) is 3.32. The molecule has 33 heavy (non-hydrogen) atoms. The molecule has 0 radical (unpaired) electrons. The molecule has 0 spiro atoms. The molecule has 4 rings (SSSR count). The summed E-state index contributed by atoms with van der Waals surface area (Å²) in [5, 5.41) is 3.88. The van der Waals surface area contributed by atoms with Crippen LogP contribution in [0, 0.1) is 13.8 Å². The van der Waals surface area contributed by atoms with Crippen LogP contribution < -0.4 is 15.6 Å². The molecule has 168 valence electrons. The summed E-state index contributed by atoms with van der Waals surface area (Å²) in [7, 11) is 0. The molecule has 0 saturated heterocycles. The van der Waals surface area contributed by atoms with Gasteiger partial charge < -0.3 is 10.1 Å². The molecule has 4 aromatic rings. The topological polar surface area (TPSA) is 73.2 Å². The van der Waals surface area contributed by atoms with Gasteiger partial charge in [-0.25, -0.2) is 4.98 Å². The fraction of sp³-hybridized carbons (Fsp3) is 0.192. The Morgan fingerprint density at radius 3 is 2.45 bits per heavy atom. The lowest BCUT2D eigenvalue weighted by Crippen LogP contribution is -2.30. The number of aryl methyl sites for hydroxylation is 2.